The summed E-state index contributed by atoms with van der Waals surface area (Å²) in [6, 6.07) is 9.13. The first-order valence-electron chi connectivity index (χ1n) is 10.7. The third kappa shape index (κ3) is 7.19. The minimum atomic E-state index is -0.434. The van der Waals surface area contributed by atoms with E-state index in [0.717, 1.165) is 37.9 Å². The van der Waals surface area contributed by atoms with Gasteiger partial charge in [0.15, 0.2) is 5.96 Å². The van der Waals surface area contributed by atoms with Crippen molar-refractivity contribution in [1.82, 2.24) is 15.5 Å². The van der Waals surface area contributed by atoms with Gasteiger partial charge in [-0.3, -0.25) is 9.89 Å². The largest absolute Gasteiger partial charge is 0.390 e. The molecule has 6 heteroatoms. The molecule has 1 fully saturated rings. The summed E-state index contributed by atoms with van der Waals surface area (Å²) in [5, 5.41) is 17.4. The summed E-state index contributed by atoms with van der Waals surface area (Å²) in [4.78, 5) is 7.00. The van der Waals surface area contributed by atoms with Gasteiger partial charge in [-0.1, -0.05) is 44.0 Å². The highest BCUT2D eigenvalue weighted by atomic mass is 127. The van der Waals surface area contributed by atoms with E-state index in [9.17, 15) is 5.11 Å². The molecule has 3 N–H and O–H groups in total. The summed E-state index contributed by atoms with van der Waals surface area (Å²) in [7, 11) is 0. The number of benzene rings is 1. The highest BCUT2D eigenvalue weighted by molar-refractivity contribution is 14.0. The Bertz CT molecular complexity index is 624. The summed E-state index contributed by atoms with van der Waals surface area (Å²) in [6.07, 6.45) is 5.68. The van der Waals surface area contributed by atoms with E-state index in [0.29, 0.717) is 19.1 Å². The van der Waals surface area contributed by atoms with E-state index in [-0.39, 0.29) is 24.0 Å². The summed E-state index contributed by atoms with van der Waals surface area (Å²) in [5.74, 6) is 1.63. The SMILES string of the molecule is CCNC(=NCC(O)CN1CCc2ccccc2C1)NC1CCCC(C)C1.I. The fourth-order valence-electron chi connectivity index (χ4n) is 4.34. The van der Waals surface area contributed by atoms with Crippen LogP contribution in [0.15, 0.2) is 29.3 Å². The van der Waals surface area contributed by atoms with Crippen LogP contribution in [0.25, 0.3) is 0 Å². The molecule has 0 bridgehead atoms. The molecule has 158 valence electrons. The van der Waals surface area contributed by atoms with E-state index >= 15 is 0 Å². The maximum Gasteiger partial charge on any atom is 0.191 e. The van der Waals surface area contributed by atoms with Crippen molar-refractivity contribution in [3.63, 3.8) is 0 Å². The monoisotopic (exact) mass is 500 g/mol. The van der Waals surface area contributed by atoms with E-state index in [1.54, 1.807) is 0 Å². The van der Waals surface area contributed by atoms with Gasteiger partial charge in [-0.2, -0.15) is 0 Å². The fourth-order valence-corrected chi connectivity index (χ4v) is 4.34. The van der Waals surface area contributed by atoms with Gasteiger partial charge in [-0.25, -0.2) is 0 Å². The zero-order valence-electron chi connectivity index (χ0n) is 17.4. The minimum Gasteiger partial charge on any atom is -0.390 e. The van der Waals surface area contributed by atoms with Crippen molar-refractivity contribution >= 4 is 29.9 Å². The molecule has 3 rings (SSSR count). The third-order valence-electron chi connectivity index (χ3n) is 5.76. The zero-order valence-corrected chi connectivity index (χ0v) is 19.7. The maximum atomic E-state index is 10.5. The van der Waals surface area contributed by atoms with E-state index in [4.69, 9.17) is 0 Å². The van der Waals surface area contributed by atoms with Crippen LogP contribution < -0.4 is 10.6 Å². The van der Waals surface area contributed by atoms with Crippen LogP contribution in [0.5, 0.6) is 0 Å². The molecular weight excluding hydrogens is 463 g/mol. The fraction of sp³-hybridized carbons (Fsp3) is 0.682. The number of rotatable bonds is 6. The van der Waals surface area contributed by atoms with E-state index in [1.807, 2.05) is 0 Å². The molecule has 0 radical (unpaired) electrons. The number of β-amino-alcohol motifs (C(OH)–C–C–N with tert-alkyl or cyclic N) is 1. The van der Waals surface area contributed by atoms with Crippen molar-refractivity contribution < 1.29 is 5.11 Å². The molecule has 1 saturated carbocycles. The van der Waals surface area contributed by atoms with Crippen molar-refractivity contribution in [2.45, 2.75) is 64.6 Å². The topological polar surface area (TPSA) is 59.9 Å². The lowest BCUT2D eigenvalue weighted by Gasteiger charge is -2.30. The zero-order chi connectivity index (χ0) is 19.1. The summed E-state index contributed by atoms with van der Waals surface area (Å²) in [5.41, 5.74) is 2.84. The second-order valence-corrected chi connectivity index (χ2v) is 8.24. The van der Waals surface area contributed by atoms with E-state index in [2.05, 4.69) is 58.6 Å². The van der Waals surface area contributed by atoms with Gasteiger partial charge in [0.2, 0.25) is 0 Å². The quantitative estimate of drug-likeness (QED) is 0.319. The number of aliphatic hydroxyl groups is 1. The molecule has 0 spiro atoms. The number of nitrogens with zero attached hydrogens (tertiary/aromatic N) is 2. The predicted molar refractivity (Wildman–Crippen MR) is 127 cm³/mol. The standard InChI is InChI=1S/C22H36N4O.HI/c1-3-23-22(25-20-10-6-7-17(2)13-20)24-14-21(27)16-26-12-11-18-8-4-5-9-19(18)15-26;/h4-5,8-9,17,20-21,27H,3,6-7,10-16H2,1-2H3,(H2,23,24,25);1H. The van der Waals surface area contributed by atoms with Crippen LogP contribution in [0.4, 0.5) is 0 Å². The number of hydrogen-bond acceptors (Lipinski definition) is 3. The number of guanidine groups is 1. The highest BCUT2D eigenvalue weighted by Gasteiger charge is 2.21. The van der Waals surface area contributed by atoms with Gasteiger partial charge in [0, 0.05) is 32.2 Å². The normalized spacial score (nSPS) is 24.0. The lowest BCUT2D eigenvalue weighted by Crippen LogP contribution is -2.45. The van der Waals surface area contributed by atoms with Gasteiger partial charge in [-0.05, 0) is 43.2 Å². The average molecular weight is 500 g/mol. The van der Waals surface area contributed by atoms with E-state index in [1.165, 1.54) is 36.8 Å². The highest BCUT2D eigenvalue weighted by Crippen LogP contribution is 2.23. The molecule has 3 unspecified atom stereocenters. The number of halogens is 1. The second kappa shape index (κ2) is 12.0. The lowest BCUT2D eigenvalue weighted by molar-refractivity contribution is 0.111. The molecule has 1 aliphatic carbocycles. The Kier molecular flexibility index (Phi) is 10.0. The number of fused-ring (bicyclic) bond motifs is 1. The number of aliphatic hydroxyl groups excluding tert-OH is 1. The Balaban J connectivity index is 0.00000280. The van der Waals surface area contributed by atoms with Crippen molar-refractivity contribution in [2.75, 3.05) is 26.2 Å². The molecule has 1 aromatic rings. The van der Waals surface area contributed by atoms with Crippen molar-refractivity contribution in [3.8, 4) is 0 Å². The van der Waals surface area contributed by atoms with E-state index < -0.39 is 6.10 Å². The summed E-state index contributed by atoms with van der Waals surface area (Å²) in [6.45, 7) is 8.31. The smallest absolute Gasteiger partial charge is 0.191 e. The van der Waals surface area contributed by atoms with Gasteiger partial charge >= 0.3 is 0 Å². The van der Waals surface area contributed by atoms with Crippen LogP contribution in [0.2, 0.25) is 0 Å². The van der Waals surface area contributed by atoms with Gasteiger partial charge in [-0.15, -0.1) is 24.0 Å². The Morgan fingerprint density at radius 1 is 1.29 bits per heavy atom. The first-order chi connectivity index (χ1) is 13.1. The molecule has 0 amide bonds. The molecule has 1 aromatic carbocycles. The van der Waals surface area contributed by atoms with Crippen LogP contribution in [-0.4, -0.2) is 54.3 Å². The average Bonchev–Trinajstić information content (AvgIpc) is 2.66. The lowest BCUT2D eigenvalue weighted by atomic mass is 9.87. The van der Waals surface area contributed by atoms with Gasteiger partial charge in [0.05, 0.1) is 12.6 Å². The first kappa shape index (κ1) is 23.4. The first-order valence-corrected chi connectivity index (χ1v) is 10.7. The van der Waals surface area contributed by atoms with Crippen molar-refractivity contribution in [1.29, 1.82) is 0 Å². The van der Waals surface area contributed by atoms with Gasteiger partial charge < -0.3 is 15.7 Å². The van der Waals surface area contributed by atoms with Crippen molar-refractivity contribution in [3.05, 3.63) is 35.4 Å². The van der Waals surface area contributed by atoms with Crippen LogP contribution in [0.3, 0.4) is 0 Å². The van der Waals surface area contributed by atoms with Crippen LogP contribution >= 0.6 is 24.0 Å². The van der Waals surface area contributed by atoms with Gasteiger partial charge in [0.1, 0.15) is 0 Å². The molecule has 0 saturated heterocycles. The number of nitrogens with one attached hydrogen (secondary N) is 2. The van der Waals surface area contributed by atoms with Crippen LogP contribution in [0, 0.1) is 5.92 Å². The summed E-state index contributed by atoms with van der Waals surface area (Å²) < 4.78 is 0. The predicted octanol–water partition coefficient (Wildman–Crippen LogP) is 3.16. The molecule has 1 heterocycles. The maximum absolute atomic E-state index is 10.5. The molecular formula is C22H37IN4O. The second-order valence-electron chi connectivity index (χ2n) is 8.24. The Morgan fingerprint density at radius 2 is 2.07 bits per heavy atom. The Morgan fingerprint density at radius 3 is 2.82 bits per heavy atom. The van der Waals surface area contributed by atoms with Gasteiger partial charge in [0.25, 0.3) is 0 Å². The Hall–Kier alpha value is -0.860. The third-order valence-corrected chi connectivity index (χ3v) is 5.76. The van der Waals surface area contributed by atoms with Crippen LogP contribution in [-0.2, 0) is 13.0 Å². The van der Waals surface area contributed by atoms with Crippen LogP contribution in [0.1, 0.15) is 50.7 Å². The molecule has 2 aliphatic rings. The summed E-state index contributed by atoms with van der Waals surface area (Å²) >= 11 is 0. The van der Waals surface area contributed by atoms with Crippen molar-refractivity contribution in [2.24, 2.45) is 10.9 Å². The molecule has 5 nitrogen and oxygen atoms in total. The minimum absolute atomic E-state index is 0. The number of hydrogen-bond donors (Lipinski definition) is 3. The Labute approximate surface area is 187 Å². The molecule has 0 aromatic heterocycles. The molecule has 28 heavy (non-hydrogen) atoms. The molecule has 3 atom stereocenters. The molecule has 1 aliphatic heterocycles. The number of aliphatic imine (C=N–C) groups is 1.